The van der Waals surface area contributed by atoms with Crippen LogP contribution in [0.4, 0.5) is 5.69 Å². The molecule has 0 radical (unpaired) electrons. The van der Waals surface area contributed by atoms with Crippen LogP contribution >= 0.6 is 0 Å². The zero-order valence-corrected chi connectivity index (χ0v) is 15.3. The molecule has 1 unspecified atom stereocenters. The highest BCUT2D eigenvalue weighted by molar-refractivity contribution is 6.11. The number of aromatic nitrogens is 1. The van der Waals surface area contributed by atoms with Crippen molar-refractivity contribution in [2.24, 2.45) is 10.7 Å². The number of anilines is 1. The second-order valence-electron chi connectivity index (χ2n) is 6.62. The molecule has 0 fully saturated rings. The first-order valence-electron chi connectivity index (χ1n) is 8.88. The summed E-state index contributed by atoms with van der Waals surface area (Å²) in [6.45, 7) is 0. The van der Waals surface area contributed by atoms with Gasteiger partial charge in [0.15, 0.2) is 5.96 Å². The smallest absolute Gasteiger partial charge is 0.274 e. The van der Waals surface area contributed by atoms with Crippen molar-refractivity contribution in [3.05, 3.63) is 72.1 Å². The number of hydrogen-bond donors (Lipinski definition) is 2. The number of guanidine groups is 1. The van der Waals surface area contributed by atoms with Crippen LogP contribution in [0.5, 0.6) is 0 Å². The molecule has 0 saturated carbocycles. The molecule has 0 aliphatic carbocycles. The van der Waals surface area contributed by atoms with E-state index < -0.39 is 0 Å². The molecule has 3 aromatic rings. The predicted octanol–water partition coefficient (Wildman–Crippen LogP) is 2.71. The Morgan fingerprint density at radius 2 is 2.00 bits per heavy atom. The van der Waals surface area contributed by atoms with E-state index in [-0.39, 0.29) is 30.2 Å². The van der Waals surface area contributed by atoms with Crippen LogP contribution in [-0.4, -0.2) is 34.7 Å². The first kappa shape index (κ1) is 17.7. The molecule has 7 nitrogen and oxygen atoms in total. The fraction of sp³-hybridized carbons (Fsp3) is 0.143. The summed E-state index contributed by atoms with van der Waals surface area (Å²) in [6, 6.07) is 16.4. The van der Waals surface area contributed by atoms with Crippen molar-refractivity contribution in [3.63, 3.8) is 0 Å². The van der Waals surface area contributed by atoms with Gasteiger partial charge in [0, 0.05) is 24.3 Å². The third-order valence-electron chi connectivity index (χ3n) is 4.79. The summed E-state index contributed by atoms with van der Waals surface area (Å²) < 4.78 is 0. The Morgan fingerprint density at radius 1 is 1.18 bits per heavy atom. The Balaban J connectivity index is 1.60. The van der Waals surface area contributed by atoms with Gasteiger partial charge in [-0.3, -0.25) is 19.5 Å². The van der Waals surface area contributed by atoms with Crippen LogP contribution in [0.3, 0.4) is 0 Å². The van der Waals surface area contributed by atoms with Gasteiger partial charge in [0.25, 0.3) is 5.91 Å². The van der Waals surface area contributed by atoms with Crippen molar-refractivity contribution in [2.45, 2.75) is 12.5 Å². The SMILES string of the molecule is CN1C(=O)CC(c2cccc(NC(=O)c3nccc4ccccc34)c2)N=C1N. The standard InChI is InChI=1S/C21H19N5O2/c1-26-18(27)12-17(25-21(26)22)14-6-4-7-15(11-14)24-20(28)19-16-8-3-2-5-13(16)9-10-23-19/h2-11,17H,12H2,1H3,(H2,22,25)(H,24,28). The molecule has 0 spiro atoms. The van der Waals surface area contributed by atoms with E-state index in [9.17, 15) is 9.59 Å². The molecule has 1 aliphatic rings. The first-order chi connectivity index (χ1) is 13.5. The molecule has 7 heteroatoms. The number of nitrogens with two attached hydrogens (primary N) is 1. The maximum Gasteiger partial charge on any atom is 0.274 e. The molecular formula is C21H19N5O2. The van der Waals surface area contributed by atoms with E-state index in [1.54, 1.807) is 19.3 Å². The van der Waals surface area contributed by atoms with E-state index in [2.05, 4.69) is 15.3 Å². The Kier molecular flexibility index (Phi) is 4.49. The Labute approximate surface area is 161 Å². The average molecular weight is 373 g/mol. The van der Waals surface area contributed by atoms with Crippen molar-refractivity contribution in [1.29, 1.82) is 0 Å². The number of benzene rings is 2. The van der Waals surface area contributed by atoms with Crippen LogP contribution in [0.25, 0.3) is 10.8 Å². The van der Waals surface area contributed by atoms with Gasteiger partial charge < -0.3 is 11.1 Å². The number of rotatable bonds is 3. The summed E-state index contributed by atoms with van der Waals surface area (Å²) in [7, 11) is 1.60. The molecule has 1 aromatic heterocycles. The van der Waals surface area contributed by atoms with Gasteiger partial charge in [0.05, 0.1) is 12.5 Å². The number of nitrogens with zero attached hydrogens (tertiary/aromatic N) is 3. The number of fused-ring (bicyclic) bond motifs is 1. The van der Waals surface area contributed by atoms with Crippen molar-refractivity contribution >= 4 is 34.2 Å². The molecule has 0 saturated heterocycles. The second-order valence-corrected chi connectivity index (χ2v) is 6.62. The summed E-state index contributed by atoms with van der Waals surface area (Å²) in [5.41, 5.74) is 7.60. The lowest BCUT2D eigenvalue weighted by atomic mass is 10.0. The van der Waals surface area contributed by atoms with Crippen LogP contribution in [0.1, 0.15) is 28.5 Å². The second kappa shape index (κ2) is 7.11. The van der Waals surface area contributed by atoms with E-state index in [1.807, 2.05) is 48.5 Å². The lowest BCUT2D eigenvalue weighted by Gasteiger charge is -2.25. The molecular weight excluding hydrogens is 354 g/mol. The van der Waals surface area contributed by atoms with Gasteiger partial charge in [-0.1, -0.05) is 36.4 Å². The van der Waals surface area contributed by atoms with Gasteiger partial charge >= 0.3 is 0 Å². The molecule has 2 aromatic carbocycles. The fourth-order valence-electron chi connectivity index (χ4n) is 3.23. The number of carbonyl (C=O) groups is 2. The Bertz CT molecular complexity index is 1100. The third-order valence-corrected chi connectivity index (χ3v) is 4.79. The molecule has 4 rings (SSSR count). The van der Waals surface area contributed by atoms with Gasteiger partial charge in [0.1, 0.15) is 5.69 Å². The van der Waals surface area contributed by atoms with E-state index in [4.69, 9.17) is 5.73 Å². The van der Waals surface area contributed by atoms with Gasteiger partial charge in [-0.15, -0.1) is 0 Å². The van der Waals surface area contributed by atoms with E-state index >= 15 is 0 Å². The number of carbonyl (C=O) groups excluding carboxylic acids is 2. The van der Waals surface area contributed by atoms with Crippen LogP contribution in [-0.2, 0) is 4.79 Å². The number of nitrogens with one attached hydrogen (secondary N) is 1. The highest BCUT2D eigenvalue weighted by Crippen LogP contribution is 2.27. The zero-order valence-electron chi connectivity index (χ0n) is 15.3. The lowest BCUT2D eigenvalue weighted by Crippen LogP contribution is -2.42. The monoisotopic (exact) mass is 373 g/mol. The predicted molar refractivity (Wildman–Crippen MR) is 108 cm³/mol. The normalized spacial score (nSPS) is 16.8. The summed E-state index contributed by atoms with van der Waals surface area (Å²) in [5, 5.41) is 4.62. The molecule has 1 aliphatic heterocycles. The van der Waals surface area contributed by atoms with Crippen molar-refractivity contribution < 1.29 is 9.59 Å². The van der Waals surface area contributed by atoms with Crippen LogP contribution in [0.15, 0.2) is 65.8 Å². The summed E-state index contributed by atoms with van der Waals surface area (Å²) in [4.78, 5) is 34.8. The lowest BCUT2D eigenvalue weighted by molar-refractivity contribution is -0.127. The molecule has 2 amide bonds. The third kappa shape index (κ3) is 3.29. The highest BCUT2D eigenvalue weighted by Gasteiger charge is 2.25. The Morgan fingerprint density at radius 3 is 2.82 bits per heavy atom. The summed E-state index contributed by atoms with van der Waals surface area (Å²) >= 11 is 0. The topological polar surface area (TPSA) is 101 Å². The average Bonchev–Trinajstić information content (AvgIpc) is 2.71. The van der Waals surface area contributed by atoms with Crippen molar-refractivity contribution in [2.75, 3.05) is 12.4 Å². The number of pyridine rings is 1. The van der Waals surface area contributed by atoms with Gasteiger partial charge in [-0.25, -0.2) is 4.99 Å². The maximum absolute atomic E-state index is 12.8. The van der Waals surface area contributed by atoms with E-state index in [0.29, 0.717) is 11.4 Å². The minimum atomic E-state index is -0.365. The first-order valence-corrected chi connectivity index (χ1v) is 8.88. The highest BCUT2D eigenvalue weighted by atomic mass is 16.2. The largest absolute Gasteiger partial charge is 0.369 e. The van der Waals surface area contributed by atoms with Crippen LogP contribution in [0, 0.1) is 0 Å². The maximum atomic E-state index is 12.8. The number of amides is 2. The van der Waals surface area contributed by atoms with E-state index in [0.717, 1.165) is 16.3 Å². The van der Waals surface area contributed by atoms with Crippen LogP contribution < -0.4 is 11.1 Å². The van der Waals surface area contributed by atoms with Crippen LogP contribution in [0.2, 0.25) is 0 Å². The summed E-state index contributed by atoms with van der Waals surface area (Å²) in [6.07, 6.45) is 1.86. The molecule has 3 N–H and O–H groups in total. The molecule has 2 heterocycles. The fourth-order valence-corrected chi connectivity index (χ4v) is 3.23. The number of hydrogen-bond acceptors (Lipinski definition) is 5. The van der Waals surface area contributed by atoms with Gasteiger partial charge in [-0.05, 0) is 29.1 Å². The van der Waals surface area contributed by atoms with Crippen molar-refractivity contribution in [3.8, 4) is 0 Å². The molecule has 1 atom stereocenters. The molecule has 28 heavy (non-hydrogen) atoms. The van der Waals surface area contributed by atoms with Gasteiger partial charge in [-0.2, -0.15) is 0 Å². The Hall–Kier alpha value is -3.74. The van der Waals surface area contributed by atoms with Gasteiger partial charge in [0.2, 0.25) is 5.91 Å². The molecule has 140 valence electrons. The summed E-state index contributed by atoms with van der Waals surface area (Å²) in [5.74, 6) is -0.195. The minimum absolute atomic E-state index is 0.0908. The minimum Gasteiger partial charge on any atom is -0.369 e. The quantitative estimate of drug-likeness (QED) is 0.737. The molecule has 0 bridgehead atoms. The van der Waals surface area contributed by atoms with E-state index in [1.165, 1.54) is 4.90 Å². The van der Waals surface area contributed by atoms with Crippen molar-refractivity contribution in [1.82, 2.24) is 9.88 Å². The zero-order chi connectivity index (χ0) is 19.7. The number of aliphatic imine (C=N–C) groups is 1.